The summed E-state index contributed by atoms with van der Waals surface area (Å²) in [4.78, 5) is 2.96. The second-order valence-electron chi connectivity index (χ2n) is 6.51. The van der Waals surface area contributed by atoms with Gasteiger partial charge < -0.3 is 15.4 Å². The molecule has 0 spiro atoms. The number of nitrogens with one attached hydrogen (secondary N) is 2. The van der Waals surface area contributed by atoms with Crippen LogP contribution in [0.3, 0.4) is 0 Å². The van der Waals surface area contributed by atoms with Crippen molar-refractivity contribution < 1.29 is 5.11 Å². The van der Waals surface area contributed by atoms with Gasteiger partial charge in [-0.05, 0) is 35.6 Å². The van der Waals surface area contributed by atoms with E-state index < -0.39 is 0 Å². The van der Waals surface area contributed by atoms with Gasteiger partial charge >= 0.3 is 0 Å². The fourth-order valence-corrected chi connectivity index (χ4v) is 3.49. The summed E-state index contributed by atoms with van der Waals surface area (Å²) < 4.78 is 0. The van der Waals surface area contributed by atoms with Gasteiger partial charge in [0.15, 0.2) is 5.88 Å². The SMILES string of the molecule is Oc1cc2c(C=CCC3CC(c4ccccc4)=CCN3)cccc2[nH]1. The van der Waals surface area contributed by atoms with Crippen molar-refractivity contribution in [1.82, 2.24) is 10.3 Å². The summed E-state index contributed by atoms with van der Waals surface area (Å²) in [5, 5.41) is 14.3. The third kappa shape index (κ3) is 3.52. The summed E-state index contributed by atoms with van der Waals surface area (Å²) in [6.07, 6.45) is 8.70. The van der Waals surface area contributed by atoms with E-state index in [1.54, 1.807) is 6.07 Å². The van der Waals surface area contributed by atoms with Crippen molar-refractivity contribution in [3.8, 4) is 5.88 Å². The Labute approximate surface area is 147 Å². The average Bonchev–Trinajstić information content (AvgIpc) is 3.04. The Balaban J connectivity index is 1.44. The number of fused-ring (bicyclic) bond motifs is 1. The van der Waals surface area contributed by atoms with E-state index in [1.165, 1.54) is 11.1 Å². The maximum atomic E-state index is 9.65. The van der Waals surface area contributed by atoms with Crippen LogP contribution in [0.25, 0.3) is 22.6 Å². The van der Waals surface area contributed by atoms with Gasteiger partial charge in [0.25, 0.3) is 0 Å². The zero-order chi connectivity index (χ0) is 17.1. The molecule has 2 aromatic carbocycles. The Bertz CT molecular complexity index is 922. The molecular weight excluding hydrogens is 308 g/mol. The average molecular weight is 330 g/mol. The van der Waals surface area contributed by atoms with Gasteiger partial charge in [-0.3, -0.25) is 0 Å². The highest BCUT2D eigenvalue weighted by atomic mass is 16.3. The quantitative estimate of drug-likeness (QED) is 0.648. The Morgan fingerprint density at radius 3 is 2.84 bits per heavy atom. The number of hydrogen-bond donors (Lipinski definition) is 3. The van der Waals surface area contributed by atoms with Crippen LogP contribution < -0.4 is 5.32 Å². The molecule has 3 aromatic rings. The van der Waals surface area contributed by atoms with Crippen molar-refractivity contribution in [2.75, 3.05) is 6.54 Å². The van der Waals surface area contributed by atoms with Crippen LogP contribution in [0.1, 0.15) is 24.0 Å². The normalized spacial score (nSPS) is 17.9. The fraction of sp³-hybridized carbons (Fsp3) is 0.182. The molecule has 0 radical (unpaired) electrons. The van der Waals surface area contributed by atoms with E-state index in [1.807, 2.05) is 12.1 Å². The summed E-state index contributed by atoms with van der Waals surface area (Å²) in [6.45, 7) is 0.921. The van der Waals surface area contributed by atoms with Gasteiger partial charge in [-0.1, -0.05) is 60.7 Å². The van der Waals surface area contributed by atoms with Crippen LogP contribution in [0.5, 0.6) is 5.88 Å². The molecule has 0 aliphatic carbocycles. The minimum Gasteiger partial charge on any atom is -0.495 e. The maximum Gasteiger partial charge on any atom is 0.189 e. The first-order chi connectivity index (χ1) is 12.3. The summed E-state index contributed by atoms with van der Waals surface area (Å²) in [5.74, 6) is 0.211. The first-order valence-electron chi connectivity index (χ1n) is 8.75. The van der Waals surface area contributed by atoms with E-state index in [4.69, 9.17) is 0 Å². The third-order valence-corrected chi connectivity index (χ3v) is 4.77. The second kappa shape index (κ2) is 6.99. The van der Waals surface area contributed by atoms with Crippen molar-refractivity contribution in [3.63, 3.8) is 0 Å². The van der Waals surface area contributed by atoms with Gasteiger partial charge in [0.2, 0.25) is 0 Å². The number of aromatic hydroxyl groups is 1. The summed E-state index contributed by atoms with van der Waals surface area (Å²) in [6, 6.07) is 18.9. The van der Waals surface area contributed by atoms with Crippen molar-refractivity contribution in [2.24, 2.45) is 0 Å². The number of aromatic amines is 1. The lowest BCUT2D eigenvalue weighted by molar-refractivity contribution is 0.458. The monoisotopic (exact) mass is 330 g/mol. The molecule has 1 aliphatic heterocycles. The van der Waals surface area contributed by atoms with Gasteiger partial charge in [0, 0.05) is 29.6 Å². The van der Waals surface area contributed by atoms with Crippen molar-refractivity contribution in [1.29, 1.82) is 0 Å². The van der Waals surface area contributed by atoms with Crippen LogP contribution in [0.2, 0.25) is 0 Å². The lowest BCUT2D eigenvalue weighted by Crippen LogP contribution is -2.32. The highest BCUT2D eigenvalue weighted by Gasteiger charge is 2.14. The molecule has 3 nitrogen and oxygen atoms in total. The molecule has 0 saturated carbocycles. The number of H-pyrrole nitrogens is 1. The van der Waals surface area contributed by atoms with E-state index in [9.17, 15) is 5.11 Å². The zero-order valence-electron chi connectivity index (χ0n) is 14.1. The third-order valence-electron chi connectivity index (χ3n) is 4.77. The van der Waals surface area contributed by atoms with Crippen molar-refractivity contribution >= 4 is 22.6 Å². The topological polar surface area (TPSA) is 48.0 Å². The second-order valence-corrected chi connectivity index (χ2v) is 6.51. The van der Waals surface area contributed by atoms with Crippen LogP contribution in [0, 0.1) is 0 Å². The lowest BCUT2D eigenvalue weighted by atomic mass is 9.93. The molecule has 25 heavy (non-hydrogen) atoms. The molecule has 3 N–H and O–H groups in total. The van der Waals surface area contributed by atoms with Crippen LogP contribution >= 0.6 is 0 Å². The number of hydrogen-bond acceptors (Lipinski definition) is 2. The maximum absolute atomic E-state index is 9.65. The molecule has 0 saturated heterocycles. The molecule has 3 heteroatoms. The minimum atomic E-state index is 0.211. The summed E-state index contributed by atoms with van der Waals surface area (Å²) in [5.41, 5.74) is 4.84. The van der Waals surface area contributed by atoms with E-state index in [-0.39, 0.29) is 5.88 Å². The standard InChI is InChI=1S/C22H22N2O/c25-22-15-20-17(9-5-11-21(20)24-22)8-4-10-19-14-18(12-13-23-19)16-6-2-1-3-7-16/h1-9,11-12,15,19,23-25H,10,13-14H2. The molecule has 1 aliphatic rings. The van der Waals surface area contributed by atoms with E-state index in [2.05, 4.69) is 64.9 Å². The van der Waals surface area contributed by atoms with Crippen molar-refractivity contribution in [2.45, 2.75) is 18.9 Å². The Kier molecular flexibility index (Phi) is 4.40. The predicted octanol–water partition coefficient (Wildman–Crippen LogP) is 4.72. The number of aromatic nitrogens is 1. The van der Waals surface area contributed by atoms with Gasteiger partial charge in [0.05, 0.1) is 0 Å². The van der Waals surface area contributed by atoms with Crippen LogP contribution in [0.4, 0.5) is 0 Å². The molecule has 4 rings (SSSR count). The zero-order valence-corrected chi connectivity index (χ0v) is 14.1. The minimum absolute atomic E-state index is 0.211. The predicted molar refractivity (Wildman–Crippen MR) is 104 cm³/mol. The Hall–Kier alpha value is -2.78. The molecule has 1 unspecified atom stereocenters. The largest absolute Gasteiger partial charge is 0.495 e. The molecule has 0 amide bonds. The van der Waals surface area contributed by atoms with Gasteiger partial charge in [-0.2, -0.15) is 0 Å². The van der Waals surface area contributed by atoms with E-state index >= 15 is 0 Å². The Morgan fingerprint density at radius 1 is 1.08 bits per heavy atom. The van der Waals surface area contributed by atoms with Crippen molar-refractivity contribution in [3.05, 3.63) is 77.9 Å². The highest BCUT2D eigenvalue weighted by molar-refractivity contribution is 5.89. The molecular formula is C22H22N2O. The molecule has 1 atom stereocenters. The van der Waals surface area contributed by atoms with E-state index in [0.29, 0.717) is 6.04 Å². The van der Waals surface area contributed by atoms with Gasteiger partial charge in [-0.15, -0.1) is 0 Å². The molecule has 126 valence electrons. The van der Waals surface area contributed by atoms with Crippen LogP contribution in [-0.4, -0.2) is 22.7 Å². The van der Waals surface area contributed by atoms with Crippen LogP contribution in [0.15, 0.2) is 66.7 Å². The number of rotatable bonds is 4. The smallest absolute Gasteiger partial charge is 0.189 e. The molecule has 0 bridgehead atoms. The van der Waals surface area contributed by atoms with Gasteiger partial charge in [-0.25, -0.2) is 0 Å². The summed E-state index contributed by atoms with van der Waals surface area (Å²) >= 11 is 0. The first kappa shape index (κ1) is 15.7. The molecule has 1 aromatic heterocycles. The summed E-state index contributed by atoms with van der Waals surface area (Å²) in [7, 11) is 0. The number of benzene rings is 2. The van der Waals surface area contributed by atoms with Gasteiger partial charge in [0.1, 0.15) is 0 Å². The molecule has 2 heterocycles. The fourth-order valence-electron chi connectivity index (χ4n) is 3.49. The Morgan fingerprint density at radius 2 is 1.96 bits per heavy atom. The highest BCUT2D eigenvalue weighted by Crippen LogP contribution is 2.26. The van der Waals surface area contributed by atoms with Crippen LogP contribution in [-0.2, 0) is 0 Å². The first-order valence-corrected chi connectivity index (χ1v) is 8.75. The lowest BCUT2D eigenvalue weighted by Gasteiger charge is -2.23. The van der Waals surface area contributed by atoms with E-state index in [0.717, 1.165) is 35.9 Å². The molecule has 0 fully saturated rings.